The predicted molar refractivity (Wildman–Crippen MR) is 230 cm³/mol. The van der Waals surface area contributed by atoms with E-state index in [1.165, 1.54) is 11.1 Å². The highest BCUT2D eigenvalue weighted by atomic mass is 15.0. The number of rotatable bonds is 5. The molecule has 0 unspecified atom stereocenters. The van der Waals surface area contributed by atoms with Crippen LogP contribution in [0.5, 0.6) is 0 Å². The van der Waals surface area contributed by atoms with Crippen LogP contribution in [0.2, 0.25) is 0 Å². The number of para-hydroxylation sites is 2. The van der Waals surface area contributed by atoms with Crippen LogP contribution < -0.4 is 0 Å². The maximum atomic E-state index is 11.4. The lowest BCUT2D eigenvalue weighted by Gasteiger charge is -2.19. The van der Waals surface area contributed by atoms with E-state index in [1.54, 1.807) is 0 Å². The summed E-state index contributed by atoms with van der Waals surface area (Å²) < 4.78 is 4.49. The van der Waals surface area contributed by atoms with E-state index < -0.39 is 0 Å². The van der Waals surface area contributed by atoms with Crippen molar-refractivity contribution in [2.75, 3.05) is 0 Å². The average Bonchev–Trinajstić information content (AvgIpc) is 3.75. The molecule has 4 nitrogen and oxygen atoms in total. The molecule has 0 spiro atoms. The summed E-state index contributed by atoms with van der Waals surface area (Å²) in [6.07, 6.45) is 0. The zero-order chi connectivity index (χ0) is 37.9. The van der Waals surface area contributed by atoms with Gasteiger partial charge >= 0.3 is 0 Å². The first-order valence-electron chi connectivity index (χ1n) is 18.8. The Labute approximate surface area is 325 Å². The number of aromatic nitrogens is 2. The standard InChI is InChI=1S/C52H34N4/c1-33-11-9-14-35(25-33)37-21-23-44-42-17-5-7-19-47(42)55(49(44)27-37)51-29-40(41-16-4-3-13-39(41)31-53)30-52(46(51)32-54)56-48-20-8-6-18-43(48)45-24-22-38(28-50(45)56)36-15-10-12-34(2)26-36/h3-30H,1-2H3. The topological polar surface area (TPSA) is 57.4 Å². The summed E-state index contributed by atoms with van der Waals surface area (Å²) in [7, 11) is 0. The number of fused-ring (bicyclic) bond motifs is 6. The second-order valence-electron chi connectivity index (χ2n) is 14.6. The number of nitriles is 2. The SMILES string of the molecule is Cc1cccc(-c2ccc3c4ccccc4n(-c4cc(-c5ccccc5C#N)cc(-n5c6ccccc6c6ccc(-c7cccc(C)c7)cc65)c4C#N)c3c2)c1. The van der Waals surface area contributed by atoms with E-state index in [4.69, 9.17) is 0 Å². The van der Waals surface area contributed by atoms with Crippen LogP contribution in [-0.4, -0.2) is 9.13 Å². The van der Waals surface area contributed by atoms with Gasteiger partial charge in [0, 0.05) is 21.5 Å². The Kier molecular flexibility index (Phi) is 7.66. The van der Waals surface area contributed by atoms with Gasteiger partial charge in [0.15, 0.2) is 0 Å². The van der Waals surface area contributed by atoms with Gasteiger partial charge in [-0.2, -0.15) is 10.5 Å². The van der Waals surface area contributed by atoms with Gasteiger partial charge in [0.25, 0.3) is 0 Å². The van der Waals surface area contributed by atoms with E-state index in [-0.39, 0.29) is 0 Å². The van der Waals surface area contributed by atoms with Crippen molar-refractivity contribution in [3.05, 3.63) is 192 Å². The Bertz CT molecular complexity index is 3120. The summed E-state index contributed by atoms with van der Waals surface area (Å²) in [4.78, 5) is 0. The number of hydrogen-bond donors (Lipinski definition) is 0. The van der Waals surface area contributed by atoms with E-state index in [2.05, 4.69) is 181 Å². The van der Waals surface area contributed by atoms with Crippen LogP contribution >= 0.6 is 0 Å². The summed E-state index contributed by atoms with van der Waals surface area (Å²) in [5.74, 6) is 0. The molecule has 0 atom stereocenters. The Morgan fingerprint density at radius 1 is 0.375 bits per heavy atom. The molecular formula is C52H34N4. The lowest BCUT2D eigenvalue weighted by atomic mass is 9.96. The Hall–Kier alpha value is -7.66. The average molecular weight is 715 g/mol. The molecular weight excluding hydrogens is 681 g/mol. The molecule has 10 rings (SSSR count). The van der Waals surface area contributed by atoms with Crippen LogP contribution in [0, 0.1) is 36.5 Å². The third kappa shape index (κ3) is 5.20. The highest BCUT2D eigenvalue weighted by Crippen LogP contribution is 2.42. The monoisotopic (exact) mass is 714 g/mol. The van der Waals surface area contributed by atoms with Crippen LogP contribution in [0.15, 0.2) is 170 Å². The molecule has 0 N–H and O–H groups in total. The molecule has 0 bridgehead atoms. The molecule has 2 heterocycles. The molecule has 0 aliphatic carbocycles. The molecule has 0 amide bonds. The Morgan fingerprint density at radius 3 is 1.34 bits per heavy atom. The minimum absolute atomic E-state index is 0.537. The van der Waals surface area contributed by atoms with Crippen molar-refractivity contribution in [3.63, 3.8) is 0 Å². The second kappa shape index (κ2) is 13.0. The summed E-state index contributed by atoms with van der Waals surface area (Å²) in [5.41, 5.74) is 15.1. The van der Waals surface area contributed by atoms with Crippen LogP contribution in [-0.2, 0) is 0 Å². The van der Waals surface area contributed by atoms with Crippen molar-refractivity contribution in [2.45, 2.75) is 13.8 Å². The van der Waals surface area contributed by atoms with Crippen molar-refractivity contribution in [1.82, 2.24) is 9.13 Å². The number of aryl methyl sites for hydroxylation is 2. The van der Waals surface area contributed by atoms with Crippen LogP contribution in [0.25, 0.3) is 88.4 Å². The molecule has 4 heteroatoms. The highest BCUT2D eigenvalue weighted by Gasteiger charge is 2.23. The van der Waals surface area contributed by atoms with Gasteiger partial charge in [-0.3, -0.25) is 0 Å². The maximum absolute atomic E-state index is 11.4. The number of nitrogens with zero attached hydrogens (tertiary/aromatic N) is 4. The molecule has 56 heavy (non-hydrogen) atoms. The number of benzene rings is 8. The van der Waals surface area contributed by atoms with Crippen molar-refractivity contribution in [1.29, 1.82) is 10.5 Å². The minimum Gasteiger partial charge on any atom is -0.308 e. The molecule has 0 aliphatic heterocycles. The molecule has 0 saturated carbocycles. The van der Waals surface area contributed by atoms with Crippen LogP contribution in [0.4, 0.5) is 0 Å². The lowest BCUT2D eigenvalue weighted by molar-refractivity contribution is 1.12. The van der Waals surface area contributed by atoms with Gasteiger partial charge in [0.1, 0.15) is 11.6 Å². The first kappa shape index (κ1) is 32.9. The van der Waals surface area contributed by atoms with E-state index in [0.717, 1.165) is 88.4 Å². The fourth-order valence-corrected chi connectivity index (χ4v) is 8.54. The molecule has 262 valence electrons. The first-order valence-corrected chi connectivity index (χ1v) is 18.8. The van der Waals surface area contributed by atoms with Crippen molar-refractivity contribution in [3.8, 4) is 56.9 Å². The fraction of sp³-hybridized carbons (Fsp3) is 0.0385. The largest absolute Gasteiger partial charge is 0.308 e. The van der Waals surface area contributed by atoms with Gasteiger partial charge in [0.2, 0.25) is 0 Å². The smallest absolute Gasteiger partial charge is 0.104 e. The molecule has 0 saturated heterocycles. The summed E-state index contributed by atoms with van der Waals surface area (Å²) in [6.45, 7) is 4.23. The Morgan fingerprint density at radius 2 is 0.839 bits per heavy atom. The highest BCUT2D eigenvalue weighted by molar-refractivity contribution is 6.12. The third-order valence-corrected chi connectivity index (χ3v) is 11.1. The minimum atomic E-state index is 0.537. The Balaban J connectivity index is 1.35. The molecule has 2 aromatic heterocycles. The third-order valence-electron chi connectivity index (χ3n) is 11.1. The second-order valence-corrected chi connectivity index (χ2v) is 14.6. The van der Waals surface area contributed by atoms with Gasteiger partial charge in [-0.25, -0.2) is 0 Å². The number of hydrogen-bond acceptors (Lipinski definition) is 2. The van der Waals surface area contributed by atoms with Crippen LogP contribution in [0.3, 0.4) is 0 Å². The summed E-state index contributed by atoms with van der Waals surface area (Å²) in [6, 6.07) is 64.3. The van der Waals surface area contributed by atoms with Gasteiger partial charge in [-0.15, -0.1) is 0 Å². The molecule has 0 radical (unpaired) electrons. The summed E-state index contributed by atoms with van der Waals surface area (Å²) in [5, 5.41) is 26.2. The van der Waals surface area contributed by atoms with E-state index >= 15 is 0 Å². The first-order chi connectivity index (χ1) is 27.5. The van der Waals surface area contributed by atoms with E-state index in [0.29, 0.717) is 11.1 Å². The quantitative estimate of drug-likeness (QED) is 0.178. The lowest BCUT2D eigenvalue weighted by Crippen LogP contribution is -2.05. The molecule has 0 aliphatic rings. The van der Waals surface area contributed by atoms with E-state index in [1.807, 2.05) is 24.3 Å². The molecule has 0 fully saturated rings. The zero-order valence-corrected chi connectivity index (χ0v) is 31.0. The fourth-order valence-electron chi connectivity index (χ4n) is 8.54. The van der Waals surface area contributed by atoms with Crippen molar-refractivity contribution >= 4 is 43.6 Å². The van der Waals surface area contributed by atoms with Gasteiger partial charge in [-0.1, -0.05) is 139 Å². The summed E-state index contributed by atoms with van der Waals surface area (Å²) >= 11 is 0. The van der Waals surface area contributed by atoms with Crippen molar-refractivity contribution < 1.29 is 0 Å². The molecule has 8 aromatic carbocycles. The van der Waals surface area contributed by atoms with Crippen LogP contribution in [0.1, 0.15) is 22.3 Å². The van der Waals surface area contributed by atoms with Gasteiger partial charge < -0.3 is 9.13 Å². The van der Waals surface area contributed by atoms with Crippen molar-refractivity contribution in [2.24, 2.45) is 0 Å². The molecule has 10 aromatic rings. The van der Waals surface area contributed by atoms with Gasteiger partial charge in [-0.05, 0) is 89.7 Å². The normalized spacial score (nSPS) is 11.4. The van der Waals surface area contributed by atoms with Gasteiger partial charge in [0.05, 0.1) is 45.1 Å². The zero-order valence-electron chi connectivity index (χ0n) is 31.0. The van der Waals surface area contributed by atoms with E-state index in [9.17, 15) is 10.5 Å². The maximum Gasteiger partial charge on any atom is 0.104 e. The predicted octanol–water partition coefficient (Wildman–Crippen LogP) is 13.2.